The van der Waals surface area contributed by atoms with Crippen LogP contribution in [0.4, 0.5) is 0 Å². The first-order valence-electron chi connectivity index (χ1n) is 6.20. The van der Waals surface area contributed by atoms with E-state index in [2.05, 4.69) is 24.1 Å². The van der Waals surface area contributed by atoms with Gasteiger partial charge in [-0.3, -0.25) is 9.69 Å². The number of nitrogens with zero attached hydrogens (tertiary/aromatic N) is 1. The zero-order valence-electron chi connectivity index (χ0n) is 10.8. The first kappa shape index (κ1) is 13.5. The molecule has 1 saturated carbocycles. The van der Waals surface area contributed by atoms with Crippen LogP contribution < -0.4 is 11.1 Å². The van der Waals surface area contributed by atoms with E-state index in [0.29, 0.717) is 13.1 Å². The Morgan fingerprint density at radius 3 is 2.62 bits per heavy atom. The van der Waals surface area contributed by atoms with E-state index in [1.54, 1.807) is 0 Å². The van der Waals surface area contributed by atoms with Crippen LogP contribution >= 0.6 is 0 Å². The highest BCUT2D eigenvalue weighted by Crippen LogP contribution is 2.27. The summed E-state index contributed by atoms with van der Waals surface area (Å²) in [5, 5.41) is 2.97. The molecule has 0 saturated heterocycles. The lowest BCUT2D eigenvalue weighted by molar-refractivity contribution is -0.123. The highest BCUT2D eigenvalue weighted by Gasteiger charge is 2.27. The van der Waals surface area contributed by atoms with Gasteiger partial charge in [0.05, 0.1) is 6.54 Å². The summed E-state index contributed by atoms with van der Waals surface area (Å²) < 4.78 is 0. The van der Waals surface area contributed by atoms with Crippen LogP contribution in [0, 0.1) is 5.92 Å². The average Bonchev–Trinajstić information content (AvgIpc) is 3.09. The van der Waals surface area contributed by atoms with E-state index in [-0.39, 0.29) is 11.4 Å². The number of nitrogens with two attached hydrogens (primary N) is 1. The fourth-order valence-electron chi connectivity index (χ4n) is 1.61. The number of carbonyl (C=O) groups excluding carboxylic acids is 1. The van der Waals surface area contributed by atoms with Gasteiger partial charge in [-0.1, -0.05) is 6.92 Å². The SMILES string of the molecule is CCC(C)(CN)N(C)CC(=O)NCC1CC1. The molecule has 0 aliphatic heterocycles. The van der Waals surface area contributed by atoms with E-state index in [4.69, 9.17) is 5.73 Å². The summed E-state index contributed by atoms with van der Waals surface area (Å²) in [6.07, 6.45) is 3.49. The number of hydrogen-bond donors (Lipinski definition) is 2. The van der Waals surface area contributed by atoms with Crippen LogP contribution in [0.2, 0.25) is 0 Å². The molecule has 0 aromatic carbocycles. The minimum absolute atomic E-state index is 0.0725. The van der Waals surface area contributed by atoms with Gasteiger partial charge in [-0.2, -0.15) is 0 Å². The van der Waals surface area contributed by atoms with Crippen LogP contribution in [0.1, 0.15) is 33.1 Å². The lowest BCUT2D eigenvalue weighted by atomic mass is 9.97. The Bertz CT molecular complexity index is 234. The normalized spacial score (nSPS) is 19.6. The Morgan fingerprint density at radius 1 is 1.56 bits per heavy atom. The molecule has 3 N–H and O–H groups in total. The first-order chi connectivity index (χ1) is 7.51. The lowest BCUT2D eigenvalue weighted by Crippen LogP contribution is -2.52. The van der Waals surface area contributed by atoms with Crippen molar-refractivity contribution in [1.29, 1.82) is 0 Å². The average molecular weight is 227 g/mol. The summed E-state index contributed by atoms with van der Waals surface area (Å²) in [6, 6.07) is 0. The van der Waals surface area contributed by atoms with Crippen LogP contribution in [-0.4, -0.2) is 43.0 Å². The van der Waals surface area contributed by atoms with Crippen LogP contribution in [0.15, 0.2) is 0 Å². The molecule has 1 aliphatic rings. The second-order valence-electron chi connectivity index (χ2n) is 5.16. The highest BCUT2D eigenvalue weighted by molar-refractivity contribution is 5.78. The topological polar surface area (TPSA) is 58.4 Å². The minimum atomic E-state index is -0.0725. The molecular formula is C12H25N3O. The van der Waals surface area contributed by atoms with Crippen molar-refractivity contribution in [2.24, 2.45) is 11.7 Å². The molecule has 1 amide bonds. The first-order valence-corrected chi connectivity index (χ1v) is 6.20. The third-order valence-electron chi connectivity index (χ3n) is 3.79. The fourth-order valence-corrected chi connectivity index (χ4v) is 1.61. The summed E-state index contributed by atoms with van der Waals surface area (Å²) in [7, 11) is 1.97. The van der Waals surface area contributed by atoms with Gasteiger partial charge >= 0.3 is 0 Å². The molecule has 1 aliphatic carbocycles. The molecule has 4 heteroatoms. The van der Waals surface area contributed by atoms with E-state index in [9.17, 15) is 4.79 Å². The Morgan fingerprint density at radius 2 is 2.19 bits per heavy atom. The van der Waals surface area contributed by atoms with Crippen LogP contribution in [0.3, 0.4) is 0 Å². The van der Waals surface area contributed by atoms with Crippen molar-refractivity contribution in [2.75, 3.05) is 26.7 Å². The fraction of sp³-hybridized carbons (Fsp3) is 0.917. The molecular weight excluding hydrogens is 202 g/mol. The van der Waals surface area contributed by atoms with E-state index in [0.717, 1.165) is 18.9 Å². The van der Waals surface area contributed by atoms with Gasteiger partial charge in [-0.25, -0.2) is 0 Å². The molecule has 4 nitrogen and oxygen atoms in total. The number of carbonyl (C=O) groups is 1. The zero-order valence-corrected chi connectivity index (χ0v) is 10.8. The van der Waals surface area contributed by atoms with Gasteiger partial charge in [-0.05, 0) is 39.2 Å². The van der Waals surface area contributed by atoms with Gasteiger partial charge in [-0.15, -0.1) is 0 Å². The third kappa shape index (κ3) is 3.76. The predicted octanol–water partition coefficient (Wildman–Crippen LogP) is 0.572. The van der Waals surface area contributed by atoms with Crippen molar-refractivity contribution in [3.8, 4) is 0 Å². The van der Waals surface area contributed by atoms with Crippen molar-refractivity contribution in [3.63, 3.8) is 0 Å². The molecule has 0 spiro atoms. The molecule has 94 valence electrons. The third-order valence-corrected chi connectivity index (χ3v) is 3.79. The number of hydrogen-bond acceptors (Lipinski definition) is 3. The quantitative estimate of drug-likeness (QED) is 0.668. The van der Waals surface area contributed by atoms with E-state index in [1.165, 1.54) is 12.8 Å². The largest absolute Gasteiger partial charge is 0.355 e. The van der Waals surface area contributed by atoms with Gasteiger partial charge < -0.3 is 11.1 Å². The van der Waals surface area contributed by atoms with E-state index >= 15 is 0 Å². The second-order valence-corrected chi connectivity index (χ2v) is 5.16. The number of nitrogens with one attached hydrogen (secondary N) is 1. The minimum Gasteiger partial charge on any atom is -0.355 e. The van der Waals surface area contributed by atoms with E-state index in [1.807, 2.05) is 7.05 Å². The Balaban J connectivity index is 2.30. The summed E-state index contributed by atoms with van der Waals surface area (Å²) in [6.45, 7) is 6.06. The molecule has 1 unspecified atom stereocenters. The van der Waals surface area contributed by atoms with Gasteiger partial charge in [0.2, 0.25) is 5.91 Å². The maximum absolute atomic E-state index is 11.7. The molecule has 0 aromatic heterocycles. The van der Waals surface area contributed by atoms with Crippen molar-refractivity contribution < 1.29 is 4.79 Å². The number of rotatable bonds is 7. The Labute approximate surface area is 98.6 Å². The van der Waals surface area contributed by atoms with Crippen LogP contribution in [-0.2, 0) is 4.79 Å². The molecule has 0 radical (unpaired) electrons. The summed E-state index contributed by atoms with van der Waals surface area (Å²) >= 11 is 0. The predicted molar refractivity (Wildman–Crippen MR) is 66.1 cm³/mol. The molecule has 16 heavy (non-hydrogen) atoms. The van der Waals surface area contributed by atoms with Gasteiger partial charge in [0.1, 0.15) is 0 Å². The van der Waals surface area contributed by atoms with Crippen molar-refractivity contribution >= 4 is 5.91 Å². The van der Waals surface area contributed by atoms with Gasteiger partial charge in [0, 0.05) is 18.6 Å². The maximum Gasteiger partial charge on any atom is 0.234 e. The Kier molecular flexibility index (Phi) is 4.74. The molecule has 1 atom stereocenters. The Hall–Kier alpha value is -0.610. The smallest absolute Gasteiger partial charge is 0.234 e. The standard InChI is InChI=1S/C12H25N3O/c1-4-12(2,9-13)15(3)8-11(16)14-7-10-5-6-10/h10H,4-9,13H2,1-3H3,(H,14,16). The van der Waals surface area contributed by atoms with Crippen molar-refractivity contribution in [2.45, 2.75) is 38.6 Å². The summed E-state index contributed by atoms with van der Waals surface area (Å²) in [5.74, 6) is 0.851. The molecule has 1 rings (SSSR count). The van der Waals surface area contributed by atoms with E-state index < -0.39 is 0 Å². The van der Waals surface area contributed by atoms with Crippen LogP contribution in [0.25, 0.3) is 0 Å². The summed E-state index contributed by atoms with van der Waals surface area (Å²) in [4.78, 5) is 13.7. The molecule has 0 heterocycles. The van der Waals surface area contributed by atoms with Crippen molar-refractivity contribution in [3.05, 3.63) is 0 Å². The molecule has 1 fully saturated rings. The zero-order chi connectivity index (χ0) is 12.2. The van der Waals surface area contributed by atoms with Gasteiger partial charge in [0.25, 0.3) is 0 Å². The lowest BCUT2D eigenvalue weighted by Gasteiger charge is -2.36. The molecule has 0 bridgehead atoms. The maximum atomic E-state index is 11.7. The number of amides is 1. The second kappa shape index (κ2) is 5.64. The molecule has 0 aromatic rings. The van der Waals surface area contributed by atoms with Crippen molar-refractivity contribution in [1.82, 2.24) is 10.2 Å². The van der Waals surface area contributed by atoms with Crippen LogP contribution in [0.5, 0.6) is 0 Å². The highest BCUT2D eigenvalue weighted by atomic mass is 16.2. The van der Waals surface area contributed by atoms with Gasteiger partial charge in [0.15, 0.2) is 0 Å². The summed E-state index contributed by atoms with van der Waals surface area (Å²) in [5.41, 5.74) is 5.68. The monoisotopic (exact) mass is 227 g/mol. The number of likely N-dealkylation sites (N-methyl/N-ethyl adjacent to an activating group) is 1.